The van der Waals surface area contributed by atoms with Gasteiger partial charge in [-0.25, -0.2) is 0 Å². The Morgan fingerprint density at radius 1 is 0.690 bits per heavy atom. The quantitative estimate of drug-likeness (QED) is 0.617. The first-order valence-corrected chi connectivity index (χ1v) is 10.1. The van der Waals surface area contributed by atoms with Crippen LogP contribution in [0.4, 0.5) is 11.4 Å². The number of benzene rings is 2. The molecule has 0 aromatic heterocycles. The fraction of sp³-hybridized carbons (Fsp3) is 0.500. The number of nitrogens with zero attached hydrogens (tertiary/aromatic N) is 2. The lowest BCUT2D eigenvalue weighted by Crippen LogP contribution is -2.43. The van der Waals surface area contributed by atoms with Crippen LogP contribution in [-0.2, 0) is 0 Å². The summed E-state index contributed by atoms with van der Waals surface area (Å²) >= 11 is 0. The third-order valence-electron chi connectivity index (χ3n) is 5.58. The van der Waals surface area contributed by atoms with Crippen LogP contribution >= 0.6 is 0 Å². The summed E-state index contributed by atoms with van der Waals surface area (Å²) in [6.07, 6.45) is 0. The number of rotatable bonds is 10. The van der Waals surface area contributed by atoms with Crippen molar-refractivity contribution in [3.63, 3.8) is 0 Å². The second-order valence-corrected chi connectivity index (χ2v) is 9.17. The topological polar surface area (TPSA) is 37.0 Å². The van der Waals surface area contributed by atoms with Crippen LogP contribution < -0.4 is 14.8 Å². The number of hydrogen-bond donors (Lipinski definition) is 1. The van der Waals surface area contributed by atoms with Gasteiger partial charge < -0.3 is 24.6 Å². The van der Waals surface area contributed by atoms with Crippen LogP contribution in [0.2, 0.25) is 0 Å². The van der Waals surface area contributed by atoms with E-state index in [1.54, 1.807) is 0 Å². The minimum absolute atomic E-state index is 0.0154. The number of ether oxygens (including phenoxy) is 2. The van der Waals surface area contributed by atoms with Gasteiger partial charge in [-0.3, -0.25) is 0 Å². The molecule has 5 nitrogen and oxygen atoms in total. The van der Waals surface area contributed by atoms with E-state index in [0.29, 0.717) is 13.2 Å². The van der Waals surface area contributed by atoms with Crippen LogP contribution in [0.5, 0.6) is 11.5 Å². The zero-order valence-electron chi connectivity index (χ0n) is 19.2. The van der Waals surface area contributed by atoms with Crippen LogP contribution in [0.3, 0.4) is 0 Å². The molecule has 0 saturated carbocycles. The van der Waals surface area contributed by atoms with Gasteiger partial charge in [0.25, 0.3) is 0 Å². The molecule has 0 spiro atoms. The summed E-state index contributed by atoms with van der Waals surface area (Å²) in [4.78, 5) is 4.33. The van der Waals surface area contributed by atoms with Gasteiger partial charge in [0.1, 0.15) is 24.7 Å². The molecule has 2 aromatic carbocycles. The van der Waals surface area contributed by atoms with Crippen molar-refractivity contribution in [1.82, 2.24) is 9.80 Å². The van der Waals surface area contributed by atoms with Crippen molar-refractivity contribution in [2.75, 3.05) is 46.7 Å². The summed E-state index contributed by atoms with van der Waals surface area (Å²) in [6.45, 7) is 9.92. The molecule has 5 heteroatoms. The Bertz CT molecular complexity index is 768. The van der Waals surface area contributed by atoms with Gasteiger partial charge in [-0.05, 0) is 92.3 Å². The highest BCUT2D eigenvalue weighted by Gasteiger charge is 2.22. The van der Waals surface area contributed by atoms with E-state index in [2.05, 4.69) is 71.0 Å². The predicted octanol–water partition coefficient (Wildman–Crippen LogP) is 4.87. The van der Waals surface area contributed by atoms with Gasteiger partial charge >= 0.3 is 0 Å². The van der Waals surface area contributed by atoms with Crippen molar-refractivity contribution in [1.29, 1.82) is 0 Å². The Balaban J connectivity index is 1.95. The molecular formula is C24H37N3O2. The number of anilines is 2. The third kappa shape index (κ3) is 6.94. The van der Waals surface area contributed by atoms with Crippen LogP contribution in [0.1, 0.15) is 27.7 Å². The molecule has 0 aliphatic carbocycles. The lowest BCUT2D eigenvalue weighted by atomic mass is 10.1. The summed E-state index contributed by atoms with van der Waals surface area (Å²) in [5.74, 6) is 1.73. The highest BCUT2D eigenvalue weighted by Crippen LogP contribution is 2.25. The molecule has 1 N–H and O–H groups in total. The largest absolute Gasteiger partial charge is 0.492 e. The summed E-state index contributed by atoms with van der Waals surface area (Å²) in [6, 6.07) is 16.1. The standard InChI is InChI=1S/C24H37N3O2/c1-23(2,26(5)6)17-28-21-14-12-19(13-15-21)25-20-10-9-11-22(16-20)29-18-24(3,4)27(7)8/h9-16,25H,17-18H2,1-8H3. The van der Waals surface area contributed by atoms with Crippen LogP contribution in [0, 0.1) is 0 Å². The molecule has 0 fully saturated rings. The molecule has 0 saturated heterocycles. The van der Waals surface area contributed by atoms with Crippen molar-refractivity contribution in [3.05, 3.63) is 48.5 Å². The van der Waals surface area contributed by atoms with Gasteiger partial charge in [-0.1, -0.05) is 6.07 Å². The van der Waals surface area contributed by atoms with Crippen molar-refractivity contribution < 1.29 is 9.47 Å². The molecule has 29 heavy (non-hydrogen) atoms. The highest BCUT2D eigenvalue weighted by atomic mass is 16.5. The smallest absolute Gasteiger partial charge is 0.121 e. The summed E-state index contributed by atoms with van der Waals surface area (Å²) < 4.78 is 12.0. The fourth-order valence-corrected chi connectivity index (χ4v) is 2.24. The summed E-state index contributed by atoms with van der Waals surface area (Å²) in [7, 11) is 8.26. The van der Waals surface area contributed by atoms with Crippen molar-refractivity contribution in [2.24, 2.45) is 0 Å². The van der Waals surface area contributed by atoms with E-state index in [0.717, 1.165) is 22.9 Å². The van der Waals surface area contributed by atoms with E-state index in [1.165, 1.54) is 0 Å². The summed E-state index contributed by atoms with van der Waals surface area (Å²) in [5, 5.41) is 3.43. The molecule has 0 unspecified atom stereocenters. The first-order valence-electron chi connectivity index (χ1n) is 10.1. The molecule has 0 heterocycles. The lowest BCUT2D eigenvalue weighted by molar-refractivity contribution is 0.114. The Kier molecular flexibility index (Phi) is 7.55. The lowest BCUT2D eigenvalue weighted by Gasteiger charge is -2.32. The second-order valence-electron chi connectivity index (χ2n) is 9.17. The molecule has 2 aromatic rings. The SMILES string of the molecule is CN(C)C(C)(C)COc1ccc(Nc2cccc(OCC(C)(C)N(C)C)c2)cc1. The average Bonchev–Trinajstić information content (AvgIpc) is 2.66. The normalized spacial score (nSPS) is 12.3. The molecule has 160 valence electrons. The van der Waals surface area contributed by atoms with Gasteiger partial charge in [-0.2, -0.15) is 0 Å². The van der Waals surface area contributed by atoms with E-state index in [-0.39, 0.29) is 11.1 Å². The second kappa shape index (κ2) is 9.51. The van der Waals surface area contributed by atoms with E-state index < -0.39 is 0 Å². The third-order valence-corrected chi connectivity index (χ3v) is 5.58. The van der Waals surface area contributed by atoms with Crippen molar-refractivity contribution >= 4 is 11.4 Å². The molecular weight excluding hydrogens is 362 g/mol. The molecule has 2 rings (SSSR count). The van der Waals surface area contributed by atoms with Crippen LogP contribution in [0.25, 0.3) is 0 Å². The van der Waals surface area contributed by atoms with Gasteiger partial charge in [0.05, 0.1) is 0 Å². The highest BCUT2D eigenvalue weighted by molar-refractivity contribution is 5.61. The van der Waals surface area contributed by atoms with E-state index in [9.17, 15) is 0 Å². The van der Waals surface area contributed by atoms with Gasteiger partial charge in [-0.15, -0.1) is 0 Å². The van der Waals surface area contributed by atoms with Crippen LogP contribution in [-0.4, -0.2) is 62.3 Å². The first-order chi connectivity index (χ1) is 13.5. The molecule has 0 aliphatic rings. The van der Waals surface area contributed by atoms with Gasteiger partial charge in [0.2, 0.25) is 0 Å². The minimum atomic E-state index is -0.0274. The molecule has 0 bridgehead atoms. The Morgan fingerprint density at radius 3 is 1.72 bits per heavy atom. The van der Waals surface area contributed by atoms with Gasteiger partial charge in [0, 0.05) is 28.5 Å². The molecule has 0 atom stereocenters. The maximum Gasteiger partial charge on any atom is 0.121 e. The summed E-state index contributed by atoms with van der Waals surface area (Å²) in [5.41, 5.74) is 1.96. The molecule has 0 amide bonds. The van der Waals surface area contributed by atoms with Crippen LogP contribution in [0.15, 0.2) is 48.5 Å². The van der Waals surface area contributed by atoms with Crippen molar-refractivity contribution in [2.45, 2.75) is 38.8 Å². The van der Waals surface area contributed by atoms with Gasteiger partial charge in [0.15, 0.2) is 0 Å². The number of nitrogens with one attached hydrogen (secondary N) is 1. The fourth-order valence-electron chi connectivity index (χ4n) is 2.24. The Hall–Kier alpha value is -2.24. The predicted molar refractivity (Wildman–Crippen MR) is 123 cm³/mol. The minimum Gasteiger partial charge on any atom is -0.492 e. The maximum atomic E-state index is 6.01. The van der Waals surface area contributed by atoms with E-state index in [1.807, 2.05) is 48.5 Å². The van der Waals surface area contributed by atoms with Crippen molar-refractivity contribution in [3.8, 4) is 11.5 Å². The molecule has 0 aliphatic heterocycles. The number of likely N-dealkylation sites (N-methyl/N-ethyl adjacent to an activating group) is 2. The molecule has 0 radical (unpaired) electrons. The Labute approximate surface area is 176 Å². The Morgan fingerprint density at radius 2 is 1.21 bits per heavy atom. The first kappa shape index (κ1) is 23.0. The zero-order chi connectivity index (χ0) is 21.7. The monoisotopic (exact) mass is 399 g/mol. The zero-order valence-corrected chi connectivity index (χ0v) is 19.2. The number of hydrogen-bond acceptors (Lipinski definition) is 5. The van der Waals surface area contributed by atoms with E-state index in [4.69, 9.17) is 9.47 Å². The maximum absolute atomic E-state index is 6.01. The van der Waals surface area contributed by atoms with E-state index >= 15 is 0 Å². The average molecular weight is 400 g/mol.